The molecule has 0 aliphatic rings. The second-order valence-electron chi connectivity index (χ2n) is 4.48. The molecule has 0 fully saturated rings. The van der Waals surface area contributed by atoms with E-state index in [0.717, 1.165) is 0 Å². The van der Waals surface area contributed by atoms with Gasteiger partial charge in [-0.25, -0.2) is 4.79 Å². The molecule has 1 atom stereocenters. The topological polar surface area (TPSA) is 53.3 Å². The van der Waals surface area contributed by atoms with Gasteiger partial charge in [-0.3, -0.25) is 0 Å². The average Bonchev–Trinajstić information content (AvgIpc) is 2.02. The lowest BCUT2D eigenvalue weighted by Gasteiger charge is -2.29. The summed E-state index contributed by atoms with van der Waals surface area (Å²) in [5.41, 5.74) is -0.489. The molecule has 0 aromatic carbocycles. The first-order chi connectivity index (χ1) is 6.81. The first-order valence-corrected chi connectivity index (χ1v) is 5.18. The van der Waals surface area contributed by atoms with Gasteiger partial charge in [-0.1, -0.05) is 0 Å². The largest absolute Gasteiger partial charge is 0.444 e. The molecule has 0 rings (SSSR count). The third-order valence-electron chi connectivity index (χ3n) is 1.89. The van der Waals surface area contributed by atoms with Crippen LogP contribution in [0.25, 0.3) is 0 Å². The minimum atomic E-state index is -0.489. The van der Waals surface area contributed by atoms with Gasteiger partial charge in [0, 0.05) is 12.6 Å². The molecule has 0 aromatic rings. The molecule has 0 unspecified atom stereocenters. The van der Waals surface area contributed by atoms with Gasteiger partial charge in [-0.15, -0.1) is 0 Å². The SMILES string of the molecule is CCN(C(=O)OC(C)(C)C)[C@H](C)CC#N. The Morgan fingerprint density at radius 2 is 2.07 bits per heavy atom. The second kappa shape index (κ2) is 5.59. The molecule has 0 heterocycles. The summed E-state index contributed by atoms with van der Waals surface area (Å²) in [5.74, 6) is 0. The van der Waals surface area contributed by atoms with Crippen LogP contribution in [0.1, 0.15) is 41.0 Å². The van der Waals surface area contributed by atoms with E-state index in [2.05, 4.69) is 6.07 Å². The van der Waals surface area contributed by atoms with E-state index >= 15 is 0 Å². The zero-order chi connectivity index (χ0) is 12.1. The maximum atomic E-state index is 11.7. The lowest BCUT2D eigenvalue weighted by atomic mass is 10.2. The summed E-state index contributed by atoms with van der Waals surface area (Å²) in [4.78, 5) is 13.3. The molecule has 0 aliphatic carbocycles. The van der Waals surface area contributed by atoms with Crippen LogP contribution in [0.2, 0.25) is 0 Å². The van der Waals surface area contributed by atoms with Gasteiger partial charge in [0.05, 0.1) is 12.5 Å². The van der Waals surface area contributed by atoms with Gasteiger partial charge in [-0.2, -0.15) is 5.26 Å². The molecule has 0 aromatic heterocycles. The van der Waals surface area contributed by atoms with Crippen LogP contribution in [-0.2, 0) is 4.74 Å². The normalized spacial score (nSPS) is 12.8. The van der Waals surface area contributed by atoms with Crippen molar-refractivity contribution in [3.63, 3.8) is 0 Å². The summed E-state index contributed by atoms with van der Waals surface area (Å²) < 4.78 is 5.24. The van der Waals surface area contributed by atoms with Crippen LogP contribution in [0.3, 0.4) is 0 Å². The van der Waals surface area contributed by atoms with Gasteiger partial charge >= 0.3 is 6.09 Å². The third kappa shape index (κ3) is 5.26. The van der Waals surface area contributed by atoms with Crippen LogP contribution in [0, 0.1) is 11.3 Å². The highest BCUT2D eigenvalue weighted by Crippen LogP contribution is 2.12. The van der Waals surface area contributed by atoms with Crippen LogP contribution in [-0.4, -0.2) is 29.2 Å². The predicted molar refractivity (Wildman–Crippen MR) is 58.3 cm³/mol. The Bertz CT molecular complexity index is 250. The number of nitrogens with zero attached hydrogens (tertiary/aromatic N) is 2. The summed E-state index contributed by atoms with van der Waals surface area (Å²) in [6.07, 6.45) is -0.0275. The van der Waals surface area contributed by atoms with Crippen molar-refractivity contribution in [3.8, 4) is 6.07 Å². The summed E-state index contributed by atoms with van der Waals surface area (Å²) in [6, 6.07) is 1.95. The Kier molecular flexibility index (Phi) is 5.13. The molecule has 4 nitrogen and oxygen atoms in total. The van der Waals surface area contributed by atoms with Gasteiger partial charge in [0.2, 0.25) is 0 Å². The molecule has 0 aliphatic heterocycles. The highest BCUT2D eigenvalue weighted by Gasteiger charge is 2.24. The number of rotatable bonds is 3. The van der Waals surface area contributed by atoms with Crippen LogP contribution in [0.15, 0.2) is 0 Å². The number of hydrogen-bond donors (Lipinski definition) is 0. The van der Waals surface area contributed by atoms with Crippen molar-refractivity contribution in [1.82, 2.24) is 4.90 Å². The molecule has 86 valence electrons. The van der Waals surface area contributed by atoms with E-state index in [1.165, 1.54) is 0 Å². The van der Waals surface area contributed by atoms with Gasteiger partial charge < -0.3 is 9.64 Å². The van der Waals surface area contributed by atoms with E-state index in [0.29, 0.717) is 13.0 Å². The number of nitriles is 1. The first kappa shape index (κ1) is 13.8. The molecule has 1 amide bonds. The number of amides is 1. The van der Waals surface area contributed by atoms with Gasteiger partial charge in [0.1, 0.15) is 5.60 Å². The van der Waals surface area contributed by atoms with Crippen molar-refractivity contribution in [2.45, 2.75) is 52.7 Å². The van der Waals surface area contributed by atoms with Gasteiger partial charge in [-0.05, 0) is 34.6 Å². The van der Waals surface area contributed by atoms with Crippen molar-refractivity contribution in [3.05, 3.63) is 0 Å². The third-order valence-corrected chi connectivity index (χ3v) is 1.89. The lowest BCUT2D eigenvalue weighted by Crippen LogP contribution is -2.41. The van der Waals surface area contributed by atoms with E-state index in [9.17, 15) is 4.79 Å². The fraction of sp³-hybridized carbons (Fsp3) is 0.818. The fourth-order valence-corrected chi connectivity index (χ4v) is 1.18. The molecule has 0 N–H and O–H groups in total. The van der Waals surface area contributed by atoms with Crippen LogP contribution in [0.5, 0.6) is 0 Å². The molecular formula is C11H20N2O2. The Morgan fingerprint density at radius 1 is 1.53 bits per heavy atom. The minimum Gasteiger partial charge on any atom is -0.444 e. The molecular weight excluding hydrogens is 192 g/mol. The molecule has 0 radical (unpaired) electrons. The van der Waals surface area contributed by atoms with Crippen LogP contribution in [0.4, 0.5) is 4.79 Å². The number of carbonyl (C=O) groups excluding carboxylic acids is 1. The number of ether oxygens (including phenoxy) is 1. The van der Waals surface area contributed by atoms with E-state index in [1.54, 1.807) is 4.90 Å². The summed E-state index contributed by atoms with van der Waals surface area (Å²) >= 11 is 0. The summed E-state index contributed by atoms with van der Waals surface area (Å²) in [7, 11) is 0. The van der Waals surface area contributed by atoms with Crippen molar-refractivity contribution < 1.29 is 9.53 Å². The van der Waals surface area contributed by atoms with E-state index < -0.39 is 5.60 Å². The quantitative estimate of drug-likeness (QED) is 0.722. The monoisotopic (exact) mass is 212 g/mol. The molecule has 0 bridgehead atoms. The summed E-state index contributed by atoms with van der Waals surface area (Å²) in [5, 5.41) is 8.57. The van der Waals surface area contributed by atoms with Crippen molar-refractivity contribution in [2.24, 2.45) is 0 Å². The molecule has 4 heteroatoms. The molecule has 0 saturated heterocycles. The maximum Gasteiger partial charge on any atom is 0.410 e. The zero-order valence-corrected chi connectivity index (χ0v) is 10.2. The highest BCUT2D eigenvalue weighted by atomic mass is 16.6. The van der Waals surface area contributed by atoms with E-state index in [-0.39, 0.29) is 12.1 Å². The summed E-state index contributed by atoms with van der Waals surface area (Å²) in [6.45, 7) is 9.75. The fourth-order valence-electron chi connectivity index (χ4n) is 1.18. The molecule has 0 saturated carbocycles. The van der Waals surface area contributed by atoms with Crippen molar-refractivity contribution in [2.75, 3.05) is 6.54 Å². The number of hydrogen-bond acceptors (Lipinski definition) is 3. The predicted octanol–water partition coefficient (Wildman–Crippen LogP) is 2.55. The Labute approximate surface area is 91.8 Å². The first-order valence-electron chi connectivity index (χ1n) is 5.18. The molecule has 0 spiro atoms. The molecule has 15 heavy (non-hydrogen) atoms. The highest BCUT2D eigenvalue weighted by molar-refractivity contribution is 5.68. The Morgan fingerprint density at radius 3 is 2.40 bits per heavy atom. The average molecular weight is 212 g/mol. The van der Waals surface area contributed by atoms with Gasteiger partial charge in [0.15, 0.2) is 0 Å². The van der Waals surface area contributed by atoms with E-state index in [1.807, 2.05) is 34.6 Å². The smallest absolute Gasteiger partial charge is 0.410 e. The standard InChI is InChI=1S/C11H20N2O2/c1-6-13(9(2)7-8-12)10(14)15-11(3,4)5/h9H,6-7H2,1-5H3/t9-/m1/s1. The van der Waals surface area contributed by atoms with Crippen molar-refractivity contribution >= 4 is 6.09 Å². The van der Waals surface area contributed by atoms with Gasteiger partial charge in [0.25, 0.3) is 0 Å². The lowest BCUT2D eigenvalue weighted by molar-refractivity contribution is 0.0192. The van der Waals surface area contributed by atoms with Crippen LogP contribution >= 0.6 is 0 Å². The number of carbonyl (C=O) groups is 1. The second-order valence-corrected chi connectivity index (χ2v) is 4.48. The maximum absolute atomic E-state index is 11.7. The van der Waals surface area contributed by atoms with E-state index in [4.69, 9.17) is 10.00 Å². The van der Waals surface area contributed by atoms with Crippen LogP contribution < -0.4 is 0 Å². The zero-order valence-electron chi connectivity index (χ0n) is 10.2. The Hall–Kier alpha value is -1.24. The van der Waals surface area contributed by atoms with Crippen molar-refractivity contribution in [1.29, 1.82) is 5.26 Å². The Balaban J connectivity index is 4.42. The minimum absolute atomic E-state index is 0.102.